The van der Waals surface area contributed by atoms with Crippen molar-refractivity contribution >= 4 is 11.8 Å². The number of fused-ring (bicyclic) bond motifs is 1. The first-order chi connectivity index (χ1) is 13.4. The second-order valence-electron chi connectivity index (χ2n) is 7.98. The molecule has 28 heavy (non-hydrogen) atoms. The highest BCUT2D eigenvalue weighted by atomic mass is 16.2. The molecule has 1 aliphatic heterocycles. The van der Waals surface area contributed by atoms with Gasteiger partial charge in [-0.3, -0.25) is 14.3 Å². The molecule has 0 saturated heterocycles. The zero-order valence-corrected chi connectivity index (χ0v) is 17.1. The van der Waals surface area contributed by atoms with Crippen LogP contribution in [0.3, 0.4) is 0 Å². The zero-order valence-electron chi connectivity index (χ0n) is 17.1. The molecule has 4 rings (SSSR count). The minimum absolute atomic E-state index is 0.0275. The van der Waals surface area contributed by atoms with Crippen molar-refractivity contribution in [2.75, 3.05) is 0 Å². The van der Waals surface area contributed by atoms with Crippen LogP contribution >= 0.6 is 0 Å². The standard InChI is InChI=1S/C22H28N4O2/c1-5-20(26-12-16-8-6-7-9-18(16)21(26)27)22(28)25(17-10-11-17)13-19-14(2)23-24(4)15(19)3/h6-9,17,20H,5,10-13H2,1-4H3/t20-/m1/s1. The number of benzene rings is 1. The van der Waals surface area contributed by atoms with E-state index in [9.17, 15) is 9.59 Å². The van der Waals surface area contributed by atoms with E-state index in [1.807, 2.05) is 61.7 Å². The summed E-state index contributed by atoms with van der Waals surface area (Å²) in [5.41, 5.74) is 4.92. The van der Waals surface area contributed by atoms with Crippen LogP contribution < -0.4 is 0 Å². The van der Waals surface area contributed by atoms with Crippen molar-refractivity contribution in [2.45, 2.75) is 65.2 Å². The summed E-state index contributed by atoms with van der Waals surface area (Å²) in [7, 11) is 1.93. The number of nitrogens with zero attached hydrogens (tertiary/aromatic N) is 4. The van der Waals surface area contributed by atoms with Gasteiger partial charge in [-0.15, -0.1) is 0 Å². The first-order valence-electron chi connectivity index (χ1n) is 10.1. The van der Waals surface area contributed by atoms with Gasteiger partial charge in [0.05, 0.1) is 5.69 Å². The summed E-state index contributed by atoms with van der Waals surface area (Å²) in [5.74, 6) is 0.0362. The third-order valence-corrected chi connectivity index (χ3v) is 6.16. The van der Waals surface area contributed by atoms with Crippen molar-refractivity contribution in [3.05, 3.63) is 52.3 Å². The number of aromatic nitrogens is 2. The van der Waals surface area contributed by atoms with Crippen LogP contribution in [0.2, 0.25) is 0 Å². The van der Waals surface area contributed by atoms with E-state index in [4.69, 9.17) is 0 Å². The number of hydrogen-bond acceptors (Lipinski definition) is 3. The minimum atomic E-state index is -0.419. The van der Waals surface area contributed by atoms with Crippen LogP contribution in [-0.4, -0.2) is 43.5 Å². The summed E-state index contributed by atoms with van der Waals surface area (Å²) in [6.07, 6.45) is 2.69. The molecular weight excluding hydrogens is 352 g/mol. The second kappa shape index (κ2) is 7.08. The average molecular weight is 380 g/mol. The Morgan fingerprint density at radius 1 is 1.29 bits per heavy atom. The normalized spacial score (nSPS) is 17.0. The lowest BCUT2D eigenvalue weighted by Gasteiger charge is -2.32. The molecule has 2 aromatic rings. The van der Waals surface area contributed by atoms with E-state index in [0.29, 0.717) is 19.5 Å². The first-order valence-corrected chi connectivity index (χ1v) is 10.1. The minimum Gasteiger partial charge on any atom is -0.333 e. The van der Waals surface area contributed by atoms with Crippen molar-refractivity contribution in [3.8, 4) is 0 Å². The van der Waals surface area contributed by atoms with Gasteiger partial charge in [-0.2, -0.15) is 5.10 Å². The van der Waals surface area contributed by atoms with Gasteiger partial charge in [0.15, 0.2) is 0 Å². The van der Waals surface area contributed by atoms with Crippen molar-refractivity contribution in [3.63, 3.8) is 0 Å². The highest BCUT2D eigenvalue weighted by molar-refractivity contribution is 6.01. The van der Waals surface area contributed by atoms with Gasteiger partial charge in [0, 0.05) is 43.0 Å². The summed E-state index contributed by atoms with van der Waals surface area (Å²) in [5, 5.41) is 4.50. The van der Waals surface area contributed by atoms with Gasteiger partial charge in [0.2, 0.25) is 5.91 Å². The highest BCUT2D eigenvalue weighted by Crippen LogP contribution is 2.33. The molecule has 1 aliphatic carbocycles. The molecule has 6 nitrogen and oxygen atoms in total. The predicted octanol–water partition coefficient (Wildman–Crippen LogP) is 2.96. The maximum Gasteiger partial charge on any atom is 0.255 e. The Balaban J connectivity index is 1.59. The van der Waals surface area contributed by atoms with E-state index in [1.54, 1.807) is 4.90 Å². The Morgan fingerprint density at radius 3 is 2.57 bits per heavy atom. The van der Waals surface area contributed by atoms with Gasteiger partial charge >= 0.3 is 0 Å². The number of amides is 2. The molecule has 1 saturated carbocycles. The molecule has 0 N–H and O–H groups in total. The van der Waals surface area contributed by atoms with Crippen molar-refractivity contribution < 1.29 is 9.59 Å². The van der Waals surface area contributed by atoms with Gasteiger partial charge in [0.25, 0.3) is 5.91 Å². The summed E-state index contributed by atoms with van der Waals surface area (Å²) >= 11 is 0. The van der Waals surface area contributed by atoms with Gasteiger partial charge < -0.3 is 9.80 Å². The zero-order chi connectivity index (χ0) is 20.0. The fraction of sp³-hybridized carbons (Fsp3) is 0.500. The smallest absolute Gasteiger partial charge is 0.255 e. The molecule has 6 heteroatoms. The average Bonchev–Trinajstić information content (AvgIpc) is 3.42. The van der Waals surface area contributed by atoms with Crippen molar-refractivity contribution in [1.82, 2.24) is 19.6 Å². The lowest BCUT2D eigenvalue weighted by Crippen LogP contribution is -2.49. The summed E-state index contributed by atoms with van der Waals surface area (Å²) in [4.78, 5) is 30.2. The van der Waals surface area contributed by atoms with Gasteiger partial charge in [-0.25, -0.2) is 0 Å². The van der Waals surface area contributed by atoms with Crippen LogP contribution in [0.1, 0.15) is 59.1 Å². The van der Waals surface area contributed by atoms with Gasteiger partial charge in [0.1, 0.15) is 6.04 Å². The van der Waals surface area contributed by atoms with Crippen molar-refractivity contribution in [1.29, 1.82) is 0 Å². The molecule has 0 radical (unpaired) electrons. The van der Waals surface area contributed by atoms with E-state index in [1.165, 1.54) is 0 Å². The molecule has 2 heterocycles. The quantitative estimate of drug-likeness (QED) is 0.774. The van der Waals surface area contributed by atoms with Crippen molar-refractivity contribution in [2.24, 2.45) is 7.05 Å². The van der Waals surface area contributed by atoms with E-state index in [0.717, 1.165) is 40.9 Å². The molecule has 1 aromatic heterocycles. The fourth-order valence-corrected chi connectivity index (χ4v) is 4.24. The summed E-state index contributed by atoms with van der Waals surface area (Å²) in [6, 6.07) is 7.52. The molecule has 0 unspecified atom stereocenters. The maximum atomic E-state index is 13.6. The molecule has 0 spiro atoms. The largest absolute Gasteiger partial charge is 0.333 e. The molecule has 0 bridgehead atoms. The molecule has 148 valence electrons. The Bertz CT molecular complexity index is 929. The van der Waals surface area contributed by atoms with E-state index in [2.05, 4.69) is 5.10 Å². The Labute approximate surface area is 166 Å². The van der Waals surface area contributed by atoms with Crippen LogP contribution in [0, 0.1) is 13.8 Å². The van der Waals surface area contributed by atoms with Gasteiger partial charge in [-0.1, -0.05) is 25.1 Å². The summed E-state index contributed by atoms with van der Waals surface area (Å²) in [6.45, 7) is 7.12. The Kier molecular flexibility index (Phi) is 4.73. The lowest BCUT2D eigenvalue weighted by atomic mass is 10.1. The highest BCUT2D eigenvalue weighted by Gasteiger charge is 2.41. The molecule has 2 aliphatic rings. The van der Waals surface area contributed by atoms with E-state index in [-0.39, 0.29) is 17.9 Å². The van der Waals surface area contributed by atoms with Crippen LogP contribution in [-0.2, 0) is 24.9 Å². The van der Waals surface area contributed by atoms with Crippen LogP contribution in [0.15, 0.2) is 24.3 Å². The topological polar surface area (TPSA) is 58.4 Å². The third-order valence-electron chi connectivity index (χ3n) is 6.16. The number of carbonyl (C=O) groups is 2. The third kappa shape index (κ3) is 3.11. The summed E-state index contributed by atoms with van der Waals surface area (Å²) < 4.78 is 1.87. The Morgan fingerprint density at radius 2 is 2.00 bits per heavy atom. The number of carbonyl (C=O) groups excluding carboxylic acids is 2. The van der Waals surface area contributed by atoms with E-state index < -0.39 is 6.04 Å². The molecule has 2 amide bonds. The SMILES string of the molecule is CC[C@H](C(=O)N(Cc1c(C)nn(C)c1C)C1CC1)N1Cc2ccccc2C1=O. The number of rotatable bonds is 6. The van der Waals surface area contributed by atoms with Crippen LogP contribution in [0.5, 0.6) is 0 Å². The molecule has 1 aromatic carbocycles. The monoisotopic (exact) mass is 380 g/mol. The lowest BCUT2D eigenvalue weighted by molar-refractivity contribution is -0.137. The van der Waals surface area contributed by atoms with E-state index >= 15 is 0 Å². The second-order valence-corrected chi connectivity index (χ2v) is 7.98. The molecule has 1 atom stereocenters. The Hall–Kier alpha value is -2.63. The first kappa shape index (κ1) is 18.7. The molecule has 1 fully saturated rings. The predicted molar refractivity (Wildman–Crippen MR) is 107 cm³/mol. The molecular formula is C22H28N4O2. The van der Waals surface area contributed by atoms with Crippen LogP contribution in [0.25, 0.3) is 0 Å². The van der Waals surface area contributed by atoms with Gasteiger partial charge in [-0.05, 0) is 44.7 Å². The maximum absolute atomic E-state index is 13.6. The van der Waals surface area contributed by atoms with Crippen LogP contribution in [0.4, 0.5) is 0 Å². The fourth-order valence-electron chi connectivity index (χ4n) is 4.24. The number of hydrogen-bond donors (Lipinski definition) is 0. The number of aryl methyl sites for hydroxylation is 2.